The third-order valence-electron chi connectivity index (χ3n) is 1.97. The molecule has 0 N–H and O–H groups in total. The molecule has 0 unspecified atom stereocenters. The highest BCUT2D eigenvalue weighted by Gasteiger charge is 2.16. The maximum atomic E-state index is 12.0. The molecule has 1 heterocycles. The first-order valence-corrected chi connectivity index (χ1v) is 5.88. The van der Waals surface area contributed by atoms with Gasteiger partial charge in [0.15, 0.2) is 10.4 Å². The summed E-state index contributed by atoms with van der Waals surface area (Å²) in [5.74, 6) is -0.0748. The number of furan rings is 1. The largest absolute Gasteiger partial charge is 0.446 e. The smallest absolute Gasteiger partial charge is 0.229 e. The normalized spacial score (nSPS) is 10.4. The van der Waals surface area contributed by atoms with E-state index in [0.29, 0.717) is 20.3 Å². The first-order valence-electron chi connectivity index (χ1n) is 4.33. The Hall–Kier alpha value is -0.770. The second kappa shape index (κ2) is 4.62. The number of rotatable bonds is 2. The van der Waals surface area contributed by atoms with Crippen LogP contribution in [0, 0.1) is 0 Å². The Bertz CT molecular complexity index is 549. The molecule has 2 aromatic rings. The van der Waals surface area contributed by atoms with Crippen molar-refractivity contribution in [3.05, 3.63) is 56.4 Å². The third-order valence-corrected chi connectivity index (χ3v) is 2.96. The molecule has 0 radical (unpaired) electrons. The second-order valence-electron chi connectivity index (χ2n) is 3.06. The average molecular weight is 320 g/mol. The molecule has 0 saturated heterocycles. The first kappa shape index (κ1) is 11.7. The molecule has 2 nitrogen and oxygen atoms in total. The number of benzene rings is 1. The lowest BCUT2D eigenvalue weighted by molar-refractivity contribution is 0.101. The molecular formula is C11H5BrCl2O2. The monoisotopic (exact) mass is 318 g/mol. The van der Waals surface area contributed by atoms with Gasteiger partial charge in [-0.1, -0.05) is 23.2 Å². The van der Waals surface area contributed by atoms with Crippen LogP contribution in [0.2, 0.25) is 10.0 Å². The van der Waals surface area contributed by atoms with Crippen LogP contribution in [0.3, 0.4) is 0 Å². The van der Waals surface area contributed by atoms with E-state index in [1.807, 2.05) is 0 Å². The minimum atomic E-state index is -0.293. The fourth-order valence-corrected chi connectivity index (χ4v) is 1.92. The van der Waals surface area contributed by atoms with E-state index < -0.39 is 0 Å². The summed E-state index contributed by atoms with van der Waals surface area (Å²) in [5.41, 5.74) is 0.330. The van der Waals surface area contributed by atoms with Crippen molar-refractivity contribution in [3.63, 3.8) is 0 Å². The van der Waals surface area contributed by atoms with Gasteiger partial charge in [0.1, 0.15) is 0 Å². The zero-order chi connectivity index (χ0) is 11.7. The van der Waals surface area contributed by atoms with Crippen molar-refractivity contribution in [2.45, 2.75) is 0 Å². The summed E-state index contributed by atoms with van der Waals surface area (Å²) in [7, 11) is 0. The van der Waals surface area contributed by atoms with Gasteiger partial charge in [0.2, 0.25) is 5.78 Å². The molecule has 1 aromatic heterocycles. The molecule has 0 saturated carbocycles. The highest BCUT2D eigenvalue weighted by atomic mass is 79.9. The lowest BCUT2D eigenvalue weighted by atomic mass is 10.1. The Balaban J connectivity index is 2.45. The van der Waals surface area contributed by atoms with E-state index in [9.17, 15) is 4.79 Å². The van der Waals surface area contributed by atoms with E-state index in [0.717, 1.165) is 0 Å². The van der Waals surface area contributed by atoms with E-state index in [1.165, 1.54) is 6.07 Å². The molecule has 82 valence electrons. The van der Waals surface area contributed by atoms with Gasteiger partial charge in [-0.25, -0.2) is 0 Å². The minimum Gasteiger partial charge on any atom is -0.446 e. The molecule has 2 rings (SSSR count). The molecule has 0 aliphatic heterocycles. The number of hydrogen-bond acceptors (Lipinski definition) is 2. The summed E-state index contributed by atoms with van der Waals surface area (Å²) in [6.07, 6.45) is 0. The van der Waals surface area contributed by atoms with Crippen LogP contribution in [-0.4, -0.2) is 5.78 Å². The number of ketones is 1. The highest BCUT2D eigenvalue weighted by molar-refractivity contribution is 9.10. The maximum Gasteiger partial charge on any atom is 0.229 e. The number of hydrogen-bond donors (Lipinski definition) is 0. The molecular weight excluding hydrogens is 315 g/mol. The van der Waals surface area contributed by atoms with E-state index >= 15 is 0 Å². The SMILES string of the molecule is O=C(c1ccc(Br)o1)c1cc(Cl)ccc1Cl. The number of carbonyl (C=O) groups excluding carboxylic acids is 1. The van der Waals surface area contributed by atoms with Crippen LogP contribution < -0.4 is 0 Å². The number of carbonyl (C=O) groups is 1. The van der Waals surface area contributed by atoms with Crippen LogP contribution in [0.1, 0.15) is 16.1 Å². The summed E-state index contributed by atoms with van der Waals surface area (Å²) in [4.78, 5) is 12.0. The zero-order valence-corrected chi connectivity index (χ0v) is 10.9. The van der Waals surface area contributed by atoms with Gasteiger partial charge < -0.3 is 4.42 Å². The minimum absolute atomic E-state index is 0.219. The third kappa shape index (κ3) is 2.32. The second-order valence-corrected chi connectivity index (χ2v) is 4.68. The Morgan fingerprint density at radius 1 is 1.19 bits per heavy atom. The van der Waals surface area contributed by atoms with Crippen LogP contribution >= 0.6 is 39.1 Å². The first-order chi connectivity index (χ1) is 7.58. The number of halogens is 3. The predicted octanol–water partition coefficient (Wildman–Crippen LogP) is 4.58. The van der Waals surface area contributed by atoms with Crippen molar-refractivity contribution in [1.29, 1.82) is 0 Å². The molecule has 0 atom stereocenters. The lowest BCUT2D eigenvalue weighted by Crippen LogP contribution is -2.00. The van der Waals surface area contributed by atoms with E-state index in [1.54, 1.807) is 24.3 Å². The van der Waals surface area contributed by atoms with Crippen LogP contribution in [0.25, 0.3) is 0 Å². The van der Waals surface area contributed by atoms with Crippen molar-refractivity contribution in [2.24, 2.45) is 0 Å². The topological polar surface area (TPSA) is 30.2 Å². The molecule has 0 bridgehead atoms. The zero-order valence-electron chi connectivity index (χ0n) is 7.84. The van der Waals surface area contributed by atoms with E-state index in [-0.39, 0.29) is 11.5 Å². The highest BCUT2D eigenvalue weighted by Crippen LogP contribution is 2.25. The molecule has 0 spiro atoms. The van der Waals surface area contributed by atoms with Gasteiger partial charge in [-0.15, -0.1) is 0 Å². The van der Waals surface area contributed by atoms with Gasteiger partial charge in [0.25, 0.3) is 0 Å². The van der Waals surface area contributed by atoms with Crippen LogP contribution in [0.15, 0.2) is 39.4 Å². The van der Waals surface area contributed by atoms with Gasteiger partial charge >= 0.3 is 0 Å². The van der Waals surface area contributed by atoms with Gasteiger partial charge in [0.05, 0.1) is 5.02 Å². The van der Waals surface area contributed by atoms with Crippen molar-refractivity contribution in [3.8, 4) is 0 Å². The van der Waals surface area contributed by atoms with Crippen LogP contribution in [-0.2, 0) is 0 Å². The van der Waals surface area contributed by atoms with Gasteiger partial charge in [0, 0.05) is 10.6 Å². The summed E-state index contributed by atoms with van der Waals surface area (Å²) in [5, 5.41) is 0.806. The molecule has 1 aromatic carbocycles. The summed E-state index contributed by atoms with van der Waals surface area (Å²) in [6, 6.07) is 7.94. The van der Waals surface area contributed by atoms with Crippen LogP contribution in [0.4, 0.5) is 0 Å². The van der Waals surface area contributed by atoms with Gasteiger partial charge in [-0.05, 0) is 46.3 Å². The van der Waals surface area contributed by atoms with Crippen molar-refractivity contribution in [2.75, 3.05) is 0 Å². The molecule has 0 aliphatic rings. The fourth-order valence-electron chi connectivity index (χ4n) is 1.24. The Kier molecular flexibility index (Phi) is 3.38. The molecule has 0 fully saturated rings. The Morgan fingerprint density at radius 3 is 2.56 bits per heavy atom. The average Bonchev–Trinajstić information content (AvgIpc) is 2.67. The Labute approximate surface area is 110 Å². The molecule has 0 aliphatic carbocycles. The molecule has 5 heteroatoms. The fraction of sp³-hybridized carbons (Fsp3) is 0. The maximum absolute atomic E-state index is 12.0. The van der Waals surface area contributed by atoms with E-state index in [2.05, 4.69) is 15.9 Å². The summed E-state index contributed by atoms with van der Waals surface area (Å²) in [6.45, 7) is 0. The summed E-state index contributed by atoms with van der Waals surface area (Å²) < 4.78 is 5.65. The molecule has 16 heavy (non-hydrogen) atoms. The standard InChI is InChI=1S/C11H5BrCl2O2/c12-10-4-3-9(16-10)11(15)7-5-6(13)1-2-8(7)14/h1-5H. The van der Waals surface area contributed by atoms with Crippen molar-refractivity contribution in [1.82, 2.24) is 0 Å². The quantitative estimate of drug-likeness (QED) is 0.758. The van der Waals surface area contributed by atoms with Crippen molar-refractivity contribution >= 4 is 44.9 Å². The Morgan fingerprint density at radius 2 is 1.94 bits per heavy atom. The van der Waals surface area contributed by atoms with Crippen LogP contribution in [0.5, 0.6) is 0 Å². The summed E-state index contributed by atoms with van der Waals surface area (Å²) >= 11 is 14.8. The lowest BCUT2D eigenvalue weighted by Gasteiger charge is -2.01. The molecule has 0 amide bonds. The van der Waals surface area contributed by atoms with Crippen molar-refractivity contribution < 1.29 is 9.21 Å². The predicted molar refractivity (Wildman–Crippen MR) is 66.3 cm³/mol. The van der Waals surface area contributed by atoms with Gasteiger partial charge in [-0.2, -0.15) is 0 Å². The van der Waals surface area contributed by atoms with E-state index in [4.69, 9.17) is 27.6 Å². The van der Waals surface area contributed by atoms with Gasteiger partial charge in [-0.3, -0.25) is 4.79 Å².